The highest BCUT2D eigenvalue weighted by molar-refractivity contribution is 7.86. The van der Waals surface area contributed by atoms with Crippen LogP contribution in [0.15, 0.2) is 60.7 Å². The molecule has 3 nitrogen and oxygen atoms in total. The number of hydrogen-bond acceptors (Lipinski definition) is 2. The predicted octanol–water partition coefficient (Wildman–Crippen LogP) is 5.94. The Morgan fingerprint density at radius 3 is 2.03 bits per heavy atom. The molecule has 4 rings (SSSR count). The number of halogens is 3. The van der Waals surface area contributed by atoms with Gasteiger partial charge in [-0.25, -0.2) is 0 Å². The van der Waals surface area contributed by atoms with Crippen LogP contribution in [0.25, 0.3) is 22.3 Å². The zero-order valence-electron chi connectivity index (χ0n) is 15.8. The van der Waals surface area contributed by atoms with Gasteiger partial charge in [0.05, 0.1) is 0 Å². The topological polar surface area (TPSA) is 54.4 Å². The van der Waals surface area contributed by atoms with Gasteiger partial charge in [0.1, 0.15) is 0 Å². The van der Waals surface area contributed by atoms with E-state index in [1.165, 1.54) is 44.5 Å². The summed E-state index contributed by atoms with van der Waals surface area (Å²) < 4.78 is 57.5. The molecule has 0 atom stereocenters. The summed E-state index contributed by atoms with van der Waals surface area (Å²) in [5, 5.41) is 0. The molecule has 0 heterocycles. The summed E-state index contributed by atoms with van der Waals surface area (Å²) in [7, 11) is -5.84. The van der Waals surface area contributed by atoms with Gasteiger partial charge in [0.15, 0.2) is 0 Å². The molecule has 0 fully saturated rings. The molecule has 0 aliphatic heterocycles. The molecule has 0 aromatic heterocycles. The summed E-state index contributed by atoms with van der Waals surface area (Å²) in [4.78, 5) is 0. The van der Waals surface area contributed by atoms with Crippen LogP contribution < -0.4 is 0 Å². The second-order valence-electron chi connectivity index (χ2n) is 6.84. The van der Waals surface area contributed by atoms with E-state index in [0.29, 0.717) is 0 Å². The average Bonchev–Trinajstić information content (AvgIpc) is 3.00. The summed E-state index contributed by atoms with van der Waals surface area (Å²) in [5.74, 6) is 0. The maximum atomic E-state index is 10.7. The van der Waals surface area contributed by atoms with Crippen LogP contribution in [0.4, 0.5) is 13.2 Å². The Labute approximate surface area is 167 Å². The molecule has 0 unspecified atom stereocenters. The van der Waals surface area contributed by atoms with Crippen molar-refractivity contribution in [1.82, 2.24) is 0 Å². The molecule has 0 spiro atoms. The third kappa shape index (κ3) is 4.21. The lowest BCUT2D eigenvalue weighted by molar-refractivity contribution is -0.0510. The van der Waals surface area contributed by atoms with E-state index in [-0.39, 0.29) is 0 Å². The van der Waals surface area contributed by atoms with Crippen LogP contribution in [0, 0.1) is 13.8 Å². The maximum absolute atomic E-state index is 10.7. The van der Waals surface area contributed by atoms with E-state index < -0.39 is 15.6 Å². The lowest BCUT2D eigenvalue weighted by atomic mass is 9.89. The fraction of sp³-hybridized carbons (Fsp3) is 0.182. The molecule has 152 valence electrons. The van der Waals surface area contributed by atoms with E-state index in [2.05, 4.69) is 74.5 Å². The second-order valence-corrected chi connectivity index (χ2v) is 8.25. The molecule has 1 aliphatic rings. The molecule has 7 heteroatoms. The zero-order chi connectivity index (χ0) is 21.4. The van der Waals surface area contributed by atoms with Crippen molar-refractivity contribution in [1.29, 1.82) is 0 Å². The van der Waals surface area contributed by atoms with Crippen LogP contribution in [-0.4, -0.2) is 18.5 Å². The van der Waals surface area contributed by atoms with E-state index in [1.807, 2.05) is 0 Å². The van der Waals surface area contributed by atoms with Gasteiger partial charge in [-0.3, -0.25) is 4.55 Å². The predicted molar refractivity (Wildman–Crippen MR) is 107 cm³/mol. The highest BCUT2D eigenvalue weighted by Gasteiger charge is 2.44. The van der Waals surface area contributed by atoms with Crippen molar-refractivity contribution < 1.29 is 26.1 Å². The van der Waals surface area contributed by atoms with Crippen LogP contribution >= 0.6 is 0 Å². The average molecular weight is 420 g/mol. The Morgan fingerprint density at radius 2 is 1.45 bits per heavy atom. The molecule has 0 saturated carbocycles. The zero-order valence-corrected chi connectivity index (χ0v) is 16.6. The number of aryl methyl sites for hydroxylation is 1. The van der Waals surface area contributed by atoms with Gasteiger partial charge >= 0.3 is 15.6 Å². The smallest absolute Gasteiger partial charge is 0.279 e. The van der Waals surface area contributed by atoms with Crippen LogP contribution in [0.5, 0.6) is 0 Å². The number of rotatable bonds is 1. The second kappa shape index (κ2) is 7.65. The maximum Gasteiger partial charge on any atom is 0.522 e. The molecule has 3 aromatic carbocycles. The molecule has 0 saturated heterocycles. The minimum absolute atomic E-state index is 1.05. The fourth-order valence-electron chi connectivity index (χ4n) is 3.52. The first-order valence-electron chi connectivity index (χ1n) is 8.81. The number of hydrogen-bond donors (Lipinski definition) is 1. The van der Waals surface area contributed by atoms with Gasteiger partial charge in [-0.15, -0.1) is 0 Å². The normalized spacial score (nSPS) is 12.6. The van der Waals surface area contributed by atoms with Gasteiger partial charge in [0, 0.05) is 0 Å². The Bertz CT molecular complexity index is 1150. The van der Waals surface area contributed by atoms with Crippen molar-refractivity contribution in [3.63, 3.8) is 0 Å². The SMILES string of the molecule is Cc1cc2c(c(-c3ccccc3)c1C)Cc1ccccc1-2.O=S(=O)(O)C(F)(F)F. The first-order valence-corrected chi connectivity index (χ1v) is 10.2. The highest BCUT2D eigenvalue weighted by atomic mass is 32.2. The van der Waals surface area contributed by atoms with Gasteiger partial charge in [-0.2, -0.15) is 21.6 Å². The number of fused-ring (bicyclic) bond motifs is 3. The Morgan fingerprint density at radius 1 is 0.897 bits per heavy atom. The Balaban J connectivity index is 0.000000258. The summed E-state index contributed by atoms with van der Waals surface area (Å²) in [6.07, 6.45) is 1.05. The molecule has 0 radical (unpaired) electrons. The van der Waals surface area contributed by atoms with Gasteiger partial charge in [-0.1, -0.05) is 60.7 Å². The van der Waals surface area contributed by atoms with Crippen molar-refractivity contribution in [3.8, 4) is 22.3 Å². The van der Waals surface area contributed by atoms with E-state index in [4.69, 9.17) is 13.0 Å². The summed E-state index contributed by atoms with van der Waals surface area (Å²) in [6.45, 7) is 4.48. The van der Waals surface area contributed by atoms with Crippen molar-refractivity contribution in [2.45, 2.75) is 25.8 Å². The first kappa shape index (κ1) is 21.1. The first-order chi connectivity index (χ1) is 13.5. The van der Waals surface area contributed by atoms with Crippen LogP contribution in [0.3, 0.4) is 0 Å². The van der Waals surface area contributed by atoms with Crippen molar-refractivity contribution in [2.75, 3.05) is 0 Å². The lowest BCUT2D eigenvalue weighted by Gasteiger charge is -2.15. The minimum Gasteiger partial charge on any atom is -0.279 e. The summed E-state index contributed by atoms with van der Waals surface area (Å²) >= 11 is 0. The minimum atomic E-state index is -5.84. The lowest BCUT2D eigenvalue weighted by Crippen LogP contribution is -2.21. The molecular formula is C22H19F3O3S. The van der Waals surface area contributed by atoms with Gasteiger partial charge in [0.25, 0.3) is 0 Å². The molecule has 29 heavy (non-hydrogen) atoms. The molecule has 1 N–H and O–H groups in total. The highest BCUT2D eigenvalue weighted by Crippen LogP contribution is 2.44. The van der Waals surface area contributed by atoms with Crippen LogP contribution in [0.2, 0.25) is 0 Å². The third-order valence-corrected chi connectivity index (χ3v) is 5.57. The van der Waals surface area contributed by atoms with Crippen LogP contribution in [0.1, 0.15) is 22.3 Å². The molecule has 1 aliphatic carbocycles. The Kier molecular flexibility index (Phi) is 5.56. The van der Waals surface area contributed by atoms with Gasteiger partial charge in [-0.05, 0) is 64.8 Å². The quantitative estimate of drug-likeness (QED) is 0.306. The van der Waals surface area contributed by atoms with E-state index in [1.54, 1.807) is 0 Å². The van der Waals surface area contributed by atoms with Gasteiger partial charge < -0.3 is 0 Å². The summed E-state index contributed by atoms with van der Waals surface area (Å²) in [6, 6.07) is 22.0. The van der Waals surface area contributed by atoms with E-state index >= 15 is 0 Å². The monoisotopic (exact) mass is 420 g/mol. The van der Waals surface area contributed by atoms with E-state index in [9.17, 15) is 13.2 Å². The van der Waals surface area contributed by atoms with Crippen molar-refractivity contribution in [2.24, 2.45) is 0 Å². The molecular weight excluding hydrogens is 401 g/mol. The Hall–Kier alpha value is -2.64. The molecule has 0 bridgehead atoms. The number of alkyl halides is 3. The third-order valence-electron chi connectivity index (χ3n) is 4.98. The molecule has 3 aromatic rings. The largest absolute Gasteiger partial charge is 0.522 e. The number of benzene rings is 3. The molecule has 0 amide bonds. The van der Waals surface area contributed by atoms with Crippen molar-refractivity contribution in [3.05, 3.63) is 82.9 Å². The summed E-state index contributed by atoms with van der Waals surface area (Å²) in [5.41, 5.74) is 5.80. The standard InChI is InChI=1S/C21H18.CHF3O3S/c1-14-12-19-18-11-7-6-10-17(18)13-20(19)21(15(14)2)16-8-4-3-5-9-16;2-1(3,4)8(5,6)7/h3-12H,13H2,1-2H3;(H,5,6,7). The van der Waals surface area contributed by atoms with E-state index in [0.717, 1.165) is 6.42 Å². The van der Waals surface area contributed by atoms with Crippen LogP contribution in [-0.2, 0) is 16.5 Å². The van der Waals surface area contributed by atoms with Crippen molar-refractivity contribution >= 4 is 10.1 Å². The van der Waals surface area contributed by atoms with Gasteiger partial charge in [0.2, 0.25) is 0 Å². The fourth-order valence-corrected chi connectivity index (χ4v) is 3.52.